The van der Waals surface area contributed by atoms with E-state index in [1.54, 1.807) is 12.3 Å². The minimum atomic E-state index is -0.405. The van der Waals surface area contributed by atoms with Crippen molar-refractivity contribution < 1.29 is 4.92 Å². The first-order valence-electron chi connectivity index (χ1n) is 5.02. The summed E-state index contributed by atoms with van der Waals surface area (Å²) in [6.45, 7) is 2.17. The topological polar surface area (TPSA) is 68.1 Å². The monoisotopic (exact) mass is 207 g/mol. The van der Waals surface area contributed by atoms with Gasteiger partial charge in [-0.3, -0.25) is 10.1 Å². The number of rotatable bonds is 3. The molecule has 1 heterocycles. The average molecular weight is 207 g/mol. The van der Waals surface area contributed by atoms with Crippen LogP contribution in [0.2, 0.25) is 0 Å². The van der Waals surface area contributed by atoms with E-state index in [0.717, 1.165) is 12.8 Å². The predicted octanol–water partition coefficient (Wildman–Crippen LogP) is 2.20. The van der Waals surface area contributed by atoms with Crippen LogP contribution in [0, 0.1) is 16.0 Å². The van der Waals surface area contributed by atoms with Crippen LogP contribution in [0.3, 0.4) is 0 Å². The molecule has 0 spiro atoms. The maximum atomic E-state index is 10.7. The molecule has 2 rings (SSSR count). The van der Waals surface area contributed by atoms with Gasteiger partial charge in [0.05, 0.1) is 4.92 Å². The fraction of sp³-hybridized carbons (Fsp3) is 0.500. The van der Waals surface area contributed by atoms with Crippen LogP contribution < -0.4 is 5.32 Å². The van der Waals surface area contributed by atoms with Crippen LogP contribution in [0.4, 0.5) is 11.5 Å². The zero-order valence-electron chi connectivity index (χ0n) is 8.51. The Morgan fingerprint density at radius 2 is 2.33 bits per heavy atom. The first-order chi connectivity index (χ1) is 7.16. The van der Waals surface area contributed by atoms with E-state index in [4.69, 9.17) is 0 Å². The maximum Gasteiger partial charge on any atom is 0.311 e. The van der Waals surface area contributed by atoms with Crippen molar-refractivity contribution in [2.24, 2.45) is 5.92 Å². The Morgan fingerprint density at radius 1 is 1.60 bits per heavy atom. The predicted molar refractivity (Wildman–Crippen MR) is 56.7 cm³/mol. The van der Waals surface area contributed by atoms with Gasteiger partial charge < -0.3 is 5.32 Å². The van der Waals surface area contributed by atoms with Crippen molar-refractivity contribution in [3.05, 3.63) is 28.4 Å². The van der Waals surface area contributed by atoms with Crippen LogP contribution in [-0.4, -0.2) is 15.9 Å². The molecule has 1 N–H and O–H groups in total. The molecule has 0 unspecified atom stereocenters. The Bertz CT molecular complexity index is 375. The van der Waals surface area contributed by atoms with Crippen LogP contribution in [0.25, 0.3) is 0 Å². The normalized spacial score (nSPS) is 24.3. The second-order valence-electron chi connectivity index (χ2n) is 4.05. The van der Waals surface area contributed by atoms with E-state index in [-0.39, 0.29) is 5.69 Å². The van der Waals surface area contributed by atoms with Gasteiger partial charge in [-0.05, 0) is 24.8 Å². The second-order valence-corrected chi connectivity index (χ2v) is 4.05. The molecular formula is C10H13N3O2. The summed E-state index contributed by atoms with van der Waals surface area (Å²) in [5, 5.41) is 13.8. The first-order valence-corrected chi connectivity index (χ1v) is 5.02. The Hall–Kier alpha value is -1.65. The molecule has 1 saturated carbocycles. The number of nitrogens with one attached hydrogen (secondary N) is 1. The molecule has 5 heteroatoms. The van der Waals surface area contributed by atoms with Crippen LogP contribution in [0.1, 0.15) is 19.8 Å². The number of nitrogens with zero attached hydrogens (tertiary/aromatic N) is 2. The van der Waals surface area contributed by atoms with E-state index in [1.807, 2.05) is 0 Å². The SMILES string of the molecule is CC1CC(Nc2ncccc2[N+](=O)[O-])C1. The van der Waals surface area contributed by atoms with Crippen molar-refractivity contribution in [2.75, 3.05) is 5.32 Å². The van der Waals surface area contributed by atoms with E-state index in [1.165, 1.54) is 6.07 Å². The summed E-state index contributed by atoms with van der Waals surface area (Å²) >= 11 is 0. The average Bonchev–Trinajstić information content (AvgIpc) is 2.16. The summed E-state index contributed by atoms with van der Waals surface area (Å²) < 4.78 is 0. The fourth-order valence-electron chi connectivity index (χ4n) is 1.87. The van der Waals surface area contributed by atoms with Gasteiger partial charge in [-0.1, -0.05) is 6.92 Å². The Morgan fingerprint density at radius 3 is 2.93 bits per heavy atom. The molecule has 0 aromatic carbocycles. The van der Waals surface area contributed by atoms with Crippen LogP contribution >= 0.6 is 0 Å². The molecule has 0 saturated heterocycles. The third-order valence-electron chi connectivity index (χ3n) is 2.70. The largest absolute Gasteiger partial charge is 0.362 e. The van der Waals surface area contributed by atoms with Gasteiger partial charge in [-0.15, -0.1) is 0 Å². The van der Waals surface area contributed by atoms with Crippen molar-refractivity contribution in [3.63, 3.8) is 0 Å². The Balaban J connectivity index is 2.10. The van der Waals surface area contributed by atoms with Crippen LogP contribution in [-0.2, 0) is 0 Å². The van der Waals surface area contributed by atoms with Gasteiger partial charge in [-0.25, -0.2) is 4.98 Å². The van der Waals surface area contributed by atoms with Gasteiger partial charge in [0.25, 0.3) is 0 Å². The van der Waals surface area contributed by atoms with Crippen molar-refractivity contribution in [1.82, 2.24) is 4.98 Å². The van der Waals surface area contributed by atoms with E-state index in [0.29, 0.717) is 17.8 Å². The van der Waals surface area contributed by atoms with E-state index >= 15 is 0 Å². The van der Waals surface area contributed by atoms with Gasteiger partial charge in [0.15, 0.2) is 0 Å². The molecule has 0 bridgehead atoms. The molecule has 1 aromatic rings. The minimum Gasteiger partial charge on any atom is -0.362 e. The standard InChI is InChI=1S/C10H13N3O2/c1-7-5-8(6-7)12-10-9(13(14)15)3-2-4-11-10/h2-4,7-8H,5-6H2,1H3,(H,11,12). The van der Waals surface area contributed by atoms with E-state index in [9.17, 15) is 10.1 Å². The molecule has 1 aliphatic carbocycles. The lowest BCUT2D eigenvalue weighted by molar-refractivity contribution is -0.384. The summed E-state index contributed by atoms with van der Waals surface area (Å²) in [5.74, 6) is 1.10. The summed E-state index contributed by atoms with van der Waals surface area (Å²) in [6, 6.07) is 3.39. The number of anilines is 1. The smallest absolute Gasteiger partial charge is 0.311 e. The second kappa shape index (κ2) is 3.84. The Labute approximate surface area is 87.7 Å². The summed E-state index contributed by atoms with van der Waals surface area (Å²) in [7, 11) is 0. The van der Waals surface area contributed by atoms with Gasteiger partial charge in [0.2, 0.25) is 5.82 Å². The van der Waals surface area contributed by atoms with Crippen molar-refractivity contribution in [3.8, 4) is 0 Å². The van der Waals surface area contributed by atoms with Gasteiger partial charge in [0.1, 0.15) is 0 Å². The number of aromatic nitrogens is 1. The molecule has 80 valence electrons. The zero-order chi connectivity index (χ0) is 10.8. The molecule has 0 amide bonds. The Kier molecular flexibility index (Phi) is 2.53. The lowest BCUT2D eigenvalue weighted by Crippen LogP contribution is -2.34. The molecule has 1 aromatic heterocycles. The molecule has 1 aliphatic rings. The number of hydrogen-bond donors (Lipinski definition) is 1. The van der Waals surface area contributed by atoms with Gasteiger partial charge in [-0.2, -0.15) is 0 Å². The third-order valence-corrected chi connectivity index (χ3v) is 2.70. The highest BCUT2D eigenvalue weighted by Crippen LogP contribution is 2.31. The van der Waals surface area contributed by atoms with E-state index in [2.05, 4.69) is 17.2 Å². The van der Waals surface area contributed by atoms with Crippen molar-refractivity contribution in [2.45, 2.75) is 25.8 Å². The third kappa shape index (κ3) is 2.06. The summed E-state index contributed by atoms with van der Waals surface area (Å²) in [4.78, 5) is 14.3. The lowest BCUT2D eigenvalue weighted by Gasteiger charge is -2.33. The number of pyridine rings is 1. The number of hydrogen-bond acceptors (Lipinski definition) is 4. The number of nitro groups is 1. The molecular weight excluding hydrogens is 194 g/mol. The molecule has 0 atom stereocenters. The quantitative estimate of drug-likeness (QED) is 0.609. The van der Waals surface area contributed by atoms with Gasteiger partial charge in [0, 0.05) is 18.3 Å². The molecule has 1 fully saturated rings. The van der Waals surface area contributed by atoms with Crippen molar-refractivity contribution >= 4 is 11.5 Å². The molecule has 5 nitrogen and oxygen atoms in total. The van der Waals surface area contributed by atoms with Crippen LogP contribution in [0.5, 0.6) is 0 Å². The highest BCUT2D eigenvalue weighted by Gasteiger charge is 2.27. The zero-order valence-corrected chi connectivity index (χ0v) is 8.51. The summed E-state index contributed by atoms with van der Waals surface area (Å²) in [5.41, 5.74) is 0.0528. The maximum absolute atomic E-state index is 10.7. The summed E-state index contributed by atoms with van der Waals surface area (Å²) in [6.07, 6.45) is 3.69. The van der Waals surface area contributed by atoms with E-state index < -0.39 is 4.92 Å². The molecule has 0 aliphatic heterocycles. The first kappa shape index (κ1) is 9.89. The van der Waals surface area contributed by atoms with Crippen LogP contribution in [0.15, 0.2) is 18.3 Å². The minimum absolute atomic E-state index is 0.0528. The van der Waals surface area contributed by atoms with Crippen molar-refractivity contribution in [1.29, 1.82) is 0 Å². The molecule has 15 heavy (non-hydrogen) atoms. The van der Waals surface area contributed by atoms with Gasteiger partial charge >= 0.3 is 5.69 Å². The molecule has 0 radical (unpaired) electrons. The lowest BCUT2D eigenvalue weighted by atomic mass is 9.82. The highest BCUT2D eigenvalue weighted by atomic mass is 16.6. The fourth-order valence-corrected chi connectivity index (χ4v) is 1.87. The highest BCUT2D eigenvalue weighted by molar-refractivity contribution is 5.55.